The molecular weight excluding hydrogens is 432 g/mol. The number of carbonyl (C=O) groups is 2. The SMILES string of the molecule is C=CCOc1ccc(C2C3=C(OC4CCCCC4C3=O)C(=O)N2Cc2ccncc2)cc1OC. The number of hydrogen-bond donors (Lipinski definition) is 0. The summed E-state index contributed by atoms with van der Waals surface area (Å²) in [6.07, 6.45) is 8.46. The Morgan fingerprint density at radius 1 is 1.15 bits per heavy atom. The topological polar surface area (TPSA) is 78.0 Å². The fourth-order valence-electron chi connectivity index (χ4n) is 5.21. The van der Waals surface area contributed by atoms with Crippen molar-refractivity contribution in [3.8, 4) is 11.5 Å². The van der Waals surface area contributed by atoms with Crippen molar-refractivity contribution >= 4 is 11.7 Å². The van der Waals surface area contributed by atoms with Gasteiger partial charge in [-0.2, -0.15) is 0 Å². The highest BCUT2D eigenvalue weighted by molar-refractivity contribution is 6.11. The highest BCUT2D eigenvalue weighted by Crippen LogP contribution is 2.48. The number of benzene rings is 1. The zero-order valence-corrected chi connectivity index (χ0v) is 19.2. The van der Waals surface area contributed by atoms with Crippen molar-refractivity contribution in [3.63, 3.8) is 0 Å². The van der Waals surface area contributed by atoms with Crippen LogP contribution in [0.5, 0.6) is 11.5 Å². The average molecular weight is 461 g/mol. The van der Waals surface area contributed by atoms with Gasteiger partial charge in [0.25, 0.3) is 5.91 Å². The van der Waals surface area contributed by atoms with E-state index in [-0.39, 0.29) is 29.5 Å². The number of nitrogens with zero attached hydrogens (tertiary/aromatic N) is 2. The van der Waals surface area contributed by atoms with Crippen LogP contribution >= 0.6 is 0 Å². The molecule has 0 saturated heterocycles. The molecule has 0 radical (unpaired) electrons. The van der Waals surface area contributed by atoms with Gasteiger partial charge in [0.05, 0.1) is 24.6 Å². The number of aromatic nitrogens is 1. The summed E-state index contributed by atoms with van der Waals surface area (Å²) in [6, 6.07) is 8.71. The third kappa shape index (κ3) is 3.85. The van der Waals surface area contributed by atoms with E-state index in [2.05, 4.69) is 11.6 Å². The number of amides is 1. The van der Waals surface area contributed by atoms with Gasteiger partial charge < -0.3 is 19.1 Å². The van der Waals surface area contributed by atoms with E-state index in [1.807, 2.05) is 30.3 Å². The normalized spacial score (nSPS) is 23.8. The molecule has 3 heterocycles. The summed E-state index contributed by atoms with van der Waals surface area (Å²) in [7, 11) is 1.57. The molecule has 2 aliphatic heterocycles. The monoisotopic (exact) mass is 460 g/mol. The zero-order chi connectivity index (χ0) is 23.7. The van der Waals surface area contributed by atoms with Crippen LogP contribution in [-0.2, 0) is 20.9 Å². The third-order valence-electron chi connectivity index (χ3n) is 6.82. The van der Waals surface area contributed by atoms with Crippen molar-refractivity contribution in [3.05, 3.63) is 77.8 Å². The van der Waals surface area contributed by atoms with Crippen LogP contribution in [0.1, 0.15) is 42.9 Å². The Bertz CT molecular complexity index is 1140. The number of carbonyl (C=O) groups excluding carboxylic acids is 2. The second-order valence-electron chi connectivity index (χ2n) is 8.86. The number of ether oxygens (including phenoxy) is 3. The number of fused-ring (bicyclic) bond motifs is 1. The number of Topliss-reactive ketones (excluding diaryl/α,β-unsaturated/α-hetero) is 1. The molecule has 0 N–H and O–H groups in total. The Kier molecular flexibility index (Phi) is 6.09. The van der Waals surface area contributed by atoms with Crippen LogP contribution in [0, 0.1) is 5.92 Å². The minimum Gasteiger partial charge on any atom is -0.493 e. The average Bonchev–Trinajstić information content (AvgIpc) is 3.15. The van der Waals surface area contributed by atoms with E-state index in [0.29, 0.717) is 30.2 Å². The summed E-state index contributed by atoms with van der Waals surface area (Å²) in [5.41, 5.74) is 2.17. The molecule has 3 atom stereocenters. The van der Waals surface area contributed by atoms with Crippen LogP contribution in [0.2, 0.25) is 0 Å². The van der Waals surface area contributed by atoms with Crippen molar-refractivity contribution in [2.24, 2.45) is 5.92 Å². The van der Waals surface area contributed by atoms with E-state index >= 15 is 0 Å². The first-order valence-corrected chi connectivity index (χ1v) is 11.7. The second-order valence-corrected chi connectivity index (χ2v) is 8.86. The molecule has 3 unspecified atom stereocenters. The summed E-state index contributed by atoms with van der Waals surface area (Å²) in [4.78, 5) is 33.1. The number of pyridine rings is 1. The van der Waals surface area contributed by atoms with Gasteiger partial charge in [-0.1, -0.05) is 25.1 Å². The Balaban J connectivity index is 1.58. The fourth-order valence-corrected chi connectivity index (χ4v) is 5.21. The minimum atomic E-state index is -0.562. The molecule has 2 aromatic rings. The number of rotatable bonds is 7. The van der Waals surface area contributed by atoms with E-state index in [4.69, 9.17) is 14.2 Å². The Morgan fingerprint density at radius 2 is 1.94 bits per heavy atom. The molecule has 7 heteroatoms. The van der Waals surface area contributed by atoms with Crippen LogP contribution in [-0.4, -0.2) is 41.4 Å². The number of hydrogen-bond acceptors (Lipinski definition) is 6. The third-order valence-corrected chi connectivity index (χ3v) is 6.82. The van der Waals surface area contributed by atoms with Crippen molar-refractivity contribution < 1.29 is 23.8 Å². The molecule has 1 fully saturated rings. The maximum absolute atomic E-state index is 13.7. The van der Waals surface area contributed by atoms with E-state index in [0.717, 1.165) is 36.8 Å². The highest BCUT2D eigenvalue weighted by Gasteiger charge is 2.52. The minimum absolute atomic E-state index is 0.0347. The summed E-state index contributed by atoms with van der Waals surface area (Å²) in [6.45, 7) is 4.36. The summed E-state index contributed by atoms with van der Waals surface area (Å²) in [5.74, 6) is 0.903. The van der Waals surface area contributed by atoms with Gasteiger partial charge >= 0.3 is 0 Å². The molecule has 5 rings (SSSR count). The standard InChI is InChI=1S/C27H28N2O5/c1-3-14-33-21-9-8-18(15-22(21)32-2)24-23-25(30)19-6-4-5-7-20(19)34-26(23)27(31)29(24)16-17-10-12-28-13-11-17/h3,8-13,15,19-20,24H,1,4-7,14,16H2,2H3. The van der Waals surface area contributed by atoms with E-state index in [9.17, 15) is 9.59 Å². The Hall–Kier alpha value is -3.61. The van der Waals surface area contributed by atoms with Gasteiger partial charge in [0, 0.05) is 18.9 Å². The zero-order valence-electron chi connectivity index (χ0n) is 19.2. The molecule has 1 aromatic carbocycles. The lowest BCUT2D eigenvalue weighted by Gasteiger charge is -2.35. The van der Waals surface area contributed by atoms with E-state index in [1.54, 1.807) is 30.5 Å². The molecule has 0 bridgehead atoms. The molecule has 1 aliphatic carbocycles. The quantitative estimate of drug-likeness (QED) is 0.578. The van der Waals surface area contributed by atoms with Crippen LogP contribution in [0.4, 0.5) is 0 Å². The lowest BCUT2D eigenvalue weighted by molar-refractivity contribution is -0.135. The summed E-state index contributed by atoms with van der Waals surface area (Å²) in [5, 5.41) is 0. The van der Waals surface area contributed by atoms with Crippen molar-refractivity contribution in [2.45, 2.75) is 44.4 Å². The van der Waals surface area contributed by atoms with E-state index < -0.39 is 6.04 Å². The Morgan fingerprint density at radius 3 is 2.71 bits per heavy atom. The van der Waals surface area contributed by atoms with Crippen molar-refractivity contribution in [2.75, 3.05) is 13.7 Å². The van der Waals surface area contributed by atoms with Crippen LogP contribution in [0.25, 0.3) is 0 Å². The van der Waals surface area contributed by atoms with Gasteiger partial charge in [0.1, 0.15) is 12.7 Å². The van der Waals surface area contributed by atoms with Crippen molar-refractivity contribution in [1.82, 2.24) is 9.88 Å². The lowest BCUT2D eigenvalue weighted by atomic mass is 9.77. The number of ketones is 1. The van der Waals surface area contributed by atoms with Crippen LogP contribution < -0.4 is 9.47 Å². The van der Waals surface area contributed by atoms with Crippen LogP contribution in [0.15, 0.2) is 66.7 Å². The van der Waals surface area contributed by atoms with Gasteiger partial charge in [0.15, 0.2) is 23.0 Å². The largest absolute Gasteiger partial charge is 0.493 e. The van der Waals surface area contributed by atoms with Gasteiger partial charge in [-0.15, -0.1) is 0 Å². The molecule has 1 amide bonds. The molecule has 3 aliphatic rings. The molecule has 7 nitrogen and oxygen atoms in total. The van der Waals surface area contributed by atoms with Gasteiger partial charge in [-0.05, 0) is 54.7 Å². The first kappa shape index (κ1) is 22.2. The van der Waals surface area contributed by atoms with E-state index in [1.165, 1.54) is 0 Å². The van der Waals surface area contributed by atoms with Gasteiger partial charge in [0.2, 0.25) is 0 Å². The number of methoxy groups -OCH3 is 1. The lowest BCUT2D eigenvalue weighted by Crippen LogP contribution is -2.39. The van der Waals surface area contributed by atoms with Crippen LogP contribution in [0.3, 0.4) is 0 Å². The maximum atomic E-state index is 13.7. The second kappa shape index (κ2) is 9.33. The molecule has 1 saturated carbocycles. The summed E-state index contributed by atoms with van der Waals surface area (Å²) >= 11 is 0. The predicted molar refractivity (Wildman–Crippen MR) is 125 cm³/mol. The maximum Gasteiger partial charge on any atom is 0.290 e. The molecule has 34 heavy (non-hydrogen) atoms. The molecule has 0 spiro atoms. The fraction of sp³-hybridized carbons (Fsp3) is 0.370. The first-order valence-electron chi connectivity index (χ1n) is 11.7. The first-order chi connectivity index (χ1) is 16.6. The van der Waals surface area contributed by atoms with Gasteiger partial charge in [-0.3, -0.25) is 14.6 Å². The van der Waals surface area contributed by atoms with Crippen molar-refractivity contribution in [1.29, 1.82) is 0 Å². The molecule has 1 aromatic heterocycles. The Labute approximate surface area is 199 Å². The molecular formula is C27H28N2O5. The molecule has 176 valence electrons. The smallest absolute Gasteiger partial charge is 0.290 e. The highest BCUT2D eigenvalue weighted by atomic mass is 16.5. The predicted octanol–water partition coefficient (Wildman–Crippen LogP) is 4.15. The summed E-state index contributed by atoms with van der Waals surface area (Å²) < 4.78 is 17.5. The van der Waals surface area contributed by atoms with Gasteiger partial charge in [-0.25, -0.2) is 0 Å².